The number of Topliss-reactive ketones (excluding diaryl/α,β-unsaturated/α-hetero) is 1. The monoisotopic (exact) mass is 294 g/mol. The first-order valence-electron chi connectivity index (χ1n) is 7.41. The van der Waals surface area contributed by atoms with Crippen LogP contribution < -0.4 is 0 Å². The summed E-state index contributed by atoms with van der Waals surface area (Å²) >= 11 is 0. The fraction of sp³-hybridized carbons (Fsp3) is 0.529. The molecule has 1 rings (SSSR count). The fourth-order valence-electron chi connectivity index (χ4n) is 1.64. The number of unbranched alkanes of at least 4 members (excludes halogenated alkanes) is 1. The highest BCUT2D eigenvalue weighted by Gasteiger charge is 1.98. The van der Waals surface area contributed by atoms with Crippen LogP contribution in [-0.4, -0.2) is 23.7 Å². The van der Waals surface area contributed by atoms with Gasteiger partial charge in [0.25, 0.3) is 0 Å². The highest BCUT2D eigenvalue weighted by atomic mass is 16.7. The van der Waals surface area contributed by atoms with E-state index in [2.05, 4.69) is 18.6 Å². The Balaban J connectivity index is 0.000000382. The molecule has 0 aliphatic carbocycles. The molecule has 0 aliphatic heterocycles. The van der Waals surface area contributed by atoms with Gasteiger partial charge in [-0.2, -0.15) is 0 Å². The number of hydrogen-bond donors (Lipinski definition) is 1. The molecular weight excluding hydrogens is 268 g/mol. The highest BCUT2D eigenvalue weighted by Crippen LogP contribution is 2.05. The molecule has 0 bridgehead atoms. The largest absolute Gasteiger partial charge is 0.505 e. The van der Waals surface area contributed by atoms with Gasteiger partial charge in [0, 0.05) is 12.0 Å². The van der Waals surface area contributed by atoms with Crippen LogP contribution >= 0.6 is 0 Å². The number of carbonyl (C=O) groups excluding carboxylic acids is 1. The van der Waals surface area contributed by atoms with Crippen LogP contribution in [0.5, 0.6) is 0 Å². The van der Waals surface area contributed by atoms with Crippen molar-refractivity contribution in [3.63, 3.8) is 0 Å². The molecule has 118 valence electrons. The van der Waals surface area contributed by atoms with Crippen LogP contribution in [0.2, 0.25) is 0 Å². The van der Waals surface area contributed by atoms with E-state index in [-0.39, 0.29) is 5.78 Å². The van der Waals surface area contributed by atoms with Crippen molar-refractivity contribution in [3.05, 3.63) is 35.9 Å². The van der Waals surface area contributed by atoms with Gasteiger partial charge in [0.15, 0.2) is 5.78 Å². The molecular formula is C17H26O4. The van der Waals surface area contributed by atoms with Crippen molar-refractivity contribution in [1.29, 1.82) is 0 Å². The normalized spacial score (nSPS) is 9.71. The quantitative estimate of drug-likeness (QED) is 0.446. The van der Waals surface area contributed by atoms with Crippen molar-refractivity contribution >= 4 is 11.9 Å². The maximum absolute atomic E-state index is 11.0. The molecule has 0 aliphatic rings. The minimum Gasteiger partial charge on any atom is -0.450 e. The molecule has 4 heteroatoms. The number of hydrogen-bond acceptors (Lipinski definition) is 3. The number of carboxylic acid groups (broad SMARTS) is 1. The molecule has 21 heavy (non-hydrogen) atoms. The fourth-order valence-corrected chi connectivity index (χ4v) is 1.64. The van der Waals surface area contributed by atoms with Gasteiger partial charge in [0.2, 0.25) is 0 Å². The molecule has 0 fully saturated rings. The van der Waals surface area contributed by atoms with Crippen molar-refractivity contribution in [2.45, 2.75) is 46.5 Å². The molecule has 0 heterocycles. The molecule has 0 unspecified atom stereocenters. The summed E-state index contributed by atoms with van der Waals surface area (Å²) in [4.78, 5) is 20.9. The summed E-state index contributed by atoms with van der Waals surface area (Å²) in [6.45, 7) is 6.51. The van der Waals surface area contributed by atoms with E-state index in [9.17, 15) is 9.59 Å². The SMILES string of the molecule is CC(C)CCCCOC(=O)O.CCC(=O)c1ccccc1. The van der Waals surface area contributed by atoms with E-state index in [0.29, 0.717) is 18.9 Å². The first-order chi connectivity index (χ1) is 9.97. The van der Waals surface area contributed by atoms with E-state index >= 15 is 0 Å². The third kappa shape index (κ3) is 11.7. The Kier molecular flexibility index (Phi) is 10.9. The molecule has 0 aromatic heterocycles. The van der Waals surface area contributed by atoms with E-state index < -0.39 is 6.16 Å². The van der Waals surface area contributed by atoms with Gasteiger partial charge in [-0.3, -0.25) is 4.79 Å². The predicted molar refractivity (Wildman–Crippen MR) is 83.7 cm³/mol. The van der Waals surface area contributed by atoms with Crippen molar-refractivity contribution in [3.8, 4) is 0 Å². The average Bonchev–Trinajstić information content (AvgIpc) is 2.47. The van der Waals surface area contributed by atoms with Crippen molar-refractivity contribution in [1.82, 2.24) is 0 Å². The van der Waals surface area contributed by atoms with Gasteiger partial charge < -0.3 is 9.84 Å². The standard InChI is InChI=1S/C9H10O.C8H16O3/c1-2-9(10)8-6-4-3-5-7-8;1-7(2)5-3-4-6-11-8(9)10/h3-7H,2H2,1H3;7H,3-6H2,1-2H3,(H,9,10). The summed E-state index contributed by atoms with van der Waals surface area (Å²) in [6.07, 6.45) is 2.44. The van der Waals surface area contributed by atoms with Crippen LogP contribution in [-0.2, 0) is 4.74 Å². The van der Waals surface area contributed by atoms with Gasteiger partial charge in [0.1, 0.15) is 0 Å². The molecule has 1 aromatic carbocycles. The van der Waals surface area contributed by atoms with Crippen molar-refractivity contribution in [2.24, 2.45) is 5.92 Å². The lowest BCUT2D eigenvalue weighted by Crippen LogP contribution is -2.01. The second-order valence-electron chi connectivity index (χ2n) is 5.15. The summed E-state index contributed by atoms with van der Waals surface area (Å²) < 4.78 is 4.34. The molecule has 0 saturated heterocycles. The first kappa shape index (κ1) is 19.2. The summed E-state index contributed by atoms with van der Waals surface area (Å²) in [5.74, 6) is 0.903. The Labute approximate surface area is 127 Å². The average molecular weight is 294 g/mol. The smallest absolute Gasteiger partial charge is 0.450 e. The maximum Gasteiger partial charge on any atom is 0.505 e. The second-order valence-corrected chi connectivity index (χ2v) is 5.15. The zero-order valence-corrected chi connectivity index (χ0v) is 13.2. The Hall–Kier alpha value is -1.84. The Bertz CT molecular complexity index is 399. The van der Waals surface area contributed by atoms with E-state index in [1.54, 1.807) is 0 Å². The lowest BCUT2D eigenvalue weighted by molar-refractivity contribution is 0.0897. The molecule has 0 amide bonds. The zero-order valence-electron chi connectivity index (χ0n) is 13.2. The van der Waals surface area contributed by atoms with Gasteiger partial charge in [0.05, 0.1) is 6.61 Å². The minimum absolute atomic E-state index is 0.209. The van der Waals surface area contributed by atoms with E-state index in [1.807, 2.05) is 37.3 Å². The van der Waals surface area contributed by atoms with Crippen LogP contribution in [0.15, 0.2) is 30.3 Å². The van der Waals surface area contributed by atoms with Gasteiger partial charge in [-0.15, -0.1) is 0 Å². The van der Waals surface area contributed by atoms with Crippen LogP contribution in [0.1, 0.15) is 56.8 Å². The van der Waals surface area contributed by atoms with Gasteiger partial charge in [-0.05, 0) is 18.8 Å². The number of ether oxygens (including phenoxy) is 1. The Morgan fingerprint density at radius 2 is 1.76 bits per heavy atom. The Morgan fingerprint density at radius 3 is 2.24 bits per heavy atom. The summed E-state index contributed by atoms with van der Waals surface area (Å²) in [6, 6.07) is 9.34. The van der Waals surface area contributed by atoms with Crippen molar-refractivity contribution < 1.29 is 19.4 Å². The Morgan fingerprint density at radius 1 is 1.14 bits per heavy atom. The number of carbonyl (C=O) groups is 2. The summed E-state index contributed by atoms with van der Waals surface area (Å²) in [7, 11) is 0. The third-order valence-electron chi connectivity index (χ3n) is 2.82. The highest BCUT2D eigenvalue weighted by molar-refractivity contribution is 5.95. The number of rotatable bonds is 7. The maximum atomic E-state index is 11.0. The molecule has 1 N–H and O–H groups in total. The molecule has 0 spiro atoms. The second kappa shape index (κ2) is 11.9. The number of benzene rings is 1. The van der Waals surface area contributed by atoms with Crippen LogP contribution in [0.4, 0.5) is 4.79 Å². The molecule has 0 saturated carbocycles. The van der Waals surface area contributed by atoms with Crippen LogP contribution in [0, 0.1) is 5.92 Å². The topological polar surface area (TPSA) is 63.6 Å². The molecule has 4 nitrogen and oxygen atoms in total. The minimum atomic E-state index is -1.17. The summed E-state index contributed by atoms with van der Waals surface area (Å²) in [5, 5.41) is 8.10. The first-order valence-corrected chi connectivity index (χ1v) is 7.41. The number of ketones is 1. The molecule has 1 aromatic rings. The van der Waals surface area contributed by atoms with E-state index in [0.717, 1.165) is 24.8 Å². The zero-order chi connectivity index (χ0) is 16.1. The van der Waals surface area contributed by atoms with Crippen LogP contribution in [0.3, 0.4) is 0 Å². The van der Waals surface area contributed by atoms with E-state index in [4.69, 9.17) is 5.11 Å². The third-order valence-corrected chi connectivity index (χ3v) is 2.82. The molecule has 0 atom stereocenters. The van der Waals surface area contributed by atoms with Gasteiger partial charge >= 0.3 is 6.16 Å². The lowest BCUT2D eigenvalue weighted by atomic mass is 10.1. The van der Waals surface area contributed by atoms with Gasteiger partial charge in [-0.1, -0.05) is 57.5 Å². The van der Waals surface area contributed by atoms with Gasteiger partial charge in [-0.25, -0.2) is 4.79 Å². The summed E-state index contributed by atoms with van der Waals surface area (Å²) in [5.41, 5.74) is 0.810. The lowest BCUT2D eigenvalue weighted by Gasteiger charge is -2.03. The van der Waals surface area contributed by atoms with E-state index in [1.165, 1.54) is 0 Å². The van der Waals surface area contributed by atoms with Crippen molar-refractivity contribution in [2.75, 3.05) is 6.61 Å². The molecule has 0 radical (unpaired) electrons. The van der Waals surface area contributed by atoms with Crippen LogP contribution in [0.25, 0.3) is 0 Å². The predicted octanol–water partition coefficient (Wildman–Crippen LogP) is 4.79.